The van der Waals surface area contributed by atoms with Crippen LogP contribution in [0.25, 0.3) is 0 Å². The van der Waals surface area contributed by atoms with Crippen molar-refractivity contribution in [3.05, 3.63) is 11.6 Å². The van der Waals surface area contributed by atoms with Crippen LogP contribution in [0, 0.1) is 5.92 Å². The lowest BCUT2D eigenvalue weighted by molar-refractivity contribution is 0.311. The molecule has 1 fully saturated rings. The highest BCUT2D eigenvalue weighted by atomic mass is 15.1. The topological polar surface area (TPSA) is 3.24 Å². The van der Waals surface area contributed by atoms with Gasteiger partial charge in [0.2, 0.25) is 0 Å². The average molecular weight is 153 g/mol. The highest BCUT2D eigenvalue weighted by molar-refractivity contribution is 5.06. The van der Waals surface area contributed by atoms with Crippen molar-refractivity contribution < 1.29 is 0 Å². The van der Waals surface area contributed by atoms with Crippen molar-refractivity contribution in [2.45, 2.75) is 26.7 Å². The molecular weight excluding hydrogens is 134 g/mol. The van der Waals surface area contributed by atoms with E-state index >= 15 is 0 Å². The molecule has 0 N–H and O–H groups in total. The number of nitrogens with zero attached hydrogens (tertiary/aromatic N) is 1. The van der Waals surface area contributed by atoms with Crippen LogP contribution in [0.1, 0.15) is 26.7 Å². The first-order valence-electron chi connectivity index (χ1n) is 4.56. The molecule has 1 saturated heterocycles. The zero-order valence-electron chi connectivity index (χ0n) is 7.93. The summed E-state index contributed by atoms with van der Waals surface area (Å²) in [6, 6.07) is 0. The summed E-state index contributed by atoms with van der Waals surface area (Å²) < 4.78 is 0. The molecule has 0 radical (unpaired) electrons. The molecule has 11 heavy (non-hydrogen) atoms. The number of piperidine rings is 1. The molecule has 0 spiro atoms. The number of rotatable bonds is 1. The Morgan fingerprint density at radius 1 is 1.27 bits per heavy atom. The first-order valence-corrected chi connectivity index (χ1v) is 4.56. The van der Waals surface area contributed by atoms with E-state index < -0.39 is 0 Å². The lowest BCUT2D eigenvalue weighted by atomic mass is 10.0. The van der Waals surface area contributed by atoms with Crippen LogP contribution in [0.4, 0.5) is 0 Å². The van der Waals surface area contributed by atoms with E-state index in [9.17, 15) is 0 Å². The van der Waals surface area contributed by atoms with Gasteiger partial charge in [-0.25, -0.2) is 0 Å². The van der Waals surface area contributed by atoms with Crippen LogP contribution in [0.2, 0.25) is 0 Å². The third kappa shape index (κ3) is 3.06. The van der Waals surface area contributed by atoms with Gasteiger partial charge in [-0.1, -0.05) is 25.5 Å². The Morgan fingerprint density at radius 2 is 1.82 bits per heavy atom. The number of likely N-dealkylation sites (tertiary alicyclic amines) is 1. The molecule has 1 heteroatoms. The summed E-state index contributed by atoms with van der Waals surface area (Å²) in [4.78, 5) is 2.40. The van der Waals surface area contributed by atoms with Crippen molar-refractivity contribution in [1.29, 1.82) is 0 Å². The Balaban J connectivity index is 2.38. The second kappa shape index (κ2) is 3.91. The van der Waals surface area contributed by atoms with E-state index in [2.05, 4.69) is 31.9 Å². The Labute approximate surface area is 70.1 Å². The second-order valence-corrected chi connectivity index (χ2v) is 3.87. The first kappa shape index (κ1) is 8.79. The summed E-state index contributed by atoms with van der Waals surface area (Å²) >= 11 is 0. The Bertz CT molecular complexity index is 137. The quantitative estimate of drug-likeness (QED) is 0.522. The summed E-state index contributed by atoms with van der Waals surface area (Å²) in [6.07, 6.45) is 5.00. The first-order chi connectivity index (χ1) is 5.18. The third-order valence-corrected chi connectivity index (χ3v) is 2.20. The van der Waals surface area contributed by atoms with Crippen molar-refractivity contribution >= 4 is 0 Å². The van der Waals surface area contributed by atoms with Gasteiger partial charge >= 0.3 is 0 Å². The van der Waals surface area contributed by atoms with Crippen molar-refractivity contribution in [3.63, 3.8) is 0 Å². The van der Waals surface area contributed by atoms with Crippen LogP contribution >= 0.6 is 0 Å². The fourth-order valence-corrected chi connectivity index (χ4v) is 1.54. The highest BCUT2D eigenvalue weighted by Gasteiger charge is 2.09. The van der Waals surface area contributed by atoms with Gasteiger partial charge < -0.3 is 4.90 Å². The van der Waals surface area contributed by atoms with Crippen molar-refractivity contribution in [2.24, 2.45) is 5.92 Å². The van der Waals surface area contributed by atoms with Gasteiger partial charge in [-0.3, -0.25) is 0 Å². The minimum absolute atomic E-state index is 0.730. The molecule has 64 valence electrons. The summed E-state index contributed by atoms with van der Waals surface area (Å²) in [5.74, 6) is 0.730. The Hall–Kier alpha value is -0.300. The van der Waals surface area contributed by atoms with Crippen molar-refractivity contribution in [1.82, 2.24) is 4.90 Å². The molecule has 1 nitrogen and oxygen atoms in total. The summed E-state index contributed by atoms with van der Waals surface area (Å²) in [5, 5.41) is 0. The largest absolute Gasteiger partial charge is 0.306 e. The summed E-state index contributed by atoms with van der Waals surface area (Å²) in [7, 11) is 2.20. The molecule has 0 amide bonds. The SMILES string of the molecule is CC(C)C=C1CCN(C)CC1. The van der Waals surface area contributed by atoms with Gasteiger partial charge in [0.05, 0.1) is 0 Å². The molecule has 0 bridgehead atoms. The van der Waals surface area contributed by atoms with Gasteiger partial charge in [0.1, 0.15) is 0 Å². The van der Waals surface area contributed by atoms with Crippen LogP contribution in [0.15, 0.2) is 11.6 Å². The molecule has 0 aromatic carbocycles. The van der Waals surface area contributed by atoms with E-state index in [1.54, 1.807) is 5.57 Å². The second-order valence-electron chi connectivity index (χ2n) is 3.87. The van der Waals surface area contributed by atoms with Gasteiger partial charge in [-0.15, -0.1) is 0 Å². The molecule has 1 heterocycles. The zero-order valence-corrected chi connectivity index (χ0v) is 7.93. The van der Waals surface area contributed by atoms with Crippen LogP contribution in [0.5, 0.6) is 0 Å². The van der Waals surface area contributed by atoms with Gasteiger partial charge in [0, 0.05) is 13.1 Å². The molecule has 1 aliphatic rings. The van der Waals surface area contributed by atoms with E-state index in [0.29, 0.717) is 0 Å². The monoisotopic (exact) mass is 153 g/mol. The number of hydrogen-bond donors (Lipinski definition) is 0. The normalized spacial score (nSPS) is 20.9. The third-order valence-electron chi connectivity index (χ3n) is 2.20. The Morgan fingerprint density at radius 3 is 2.27 bits per heavy atom. The molecule has 0 aliphatic carbocycles. The van der Waals surface area contributed by atoms with E-state index in [0.717, 1.165) is 5.92 Å². The predicted molar refractivity (Wildman–Crippen MR) is 49.7 cm³/mol. The smallest absolute Gasteiger partial charge is 0.00157 e. The van der Waals surface area contributed by atoms with Crippen molar-refractivity contribution in [2.75, 3.05) is 20.1 Å². The minimum atomic E-state index is 0.730. The minimum Gasteiger partial charge on any atom is -0.306 e. The molecule has 0 aromatic rings. The molecule has 1 rings (SSSR count). The van der Waals surface area contributed by atoms with E-state index in [-0.39, 0.29) is 0 Å². The van der Waals surface area contributed by atoms with Crippen LogP contribution in [0.3, 0.4) is 0 Å². The maximum Gasteiger partial charge on any atom is 0.00157 e. The van der Waals surface area contributed by atoms with Crippen LogP contribution in [-0.2, 0) is 0 Å². The fraction of sp³-hybridized carbons (Fsp3) is 0.800. The molecular formula is C10H19N. The van der Waals surface area contributed by atoms with E-state index in [4.69, 9.17) is 0 Å². The van der Waals surface area contributed by atoms with Gasteiger partial charge in [0.15, 0.2) is 0 Å². The molecule has 1 aliphatic heterocycles. The lowest BCUT2D eigenvalue weighted by Gasteiger charge is -2.24. The van der Waals surface area contributed by atoms with Crippen molar-refractivity contribution in [3.8, 4) is 0 Å². The van der Waals surface area contributed by atoms with Gasteiger partial charge in [0.25, 0.3) is 0 Å². The summed E-state index contributed by atoms with van der Waals surface area (Å²) in [6.45, 7) is 7.01. The lowest BCUT2D eigenvalue weighted by Crippen LogP contribution is -2.26. The van der Waals surface area contributed by atoms with E-state index in [1.807, 2.05) is 0 Å². The number of allylic oxidation sites excluding steroid dienone is 1. The molecule has 0 aromatic heterocycles. The fourth-order valence-electron chi connectivity index (χ4n) is 1.54. The molecule has 0 saturated carbocycles. The van der Waals surface area contributed by atoms with E-state index in [1.165, 1.54) is 25.9 Å². The highest BCUT2D eigenvalue weighted by Crippen LogP contribution is 2.16. The molecule has 0 atom stereocenters. The average Bonchev–Trinajstić information content (AvgIpc) is 1.93. The van der Waals surface area contributed by atoms with Crippen LogP contribution < -0.4 is 0 Å². The Kier molecular flexibility index (Phi) is 3.13. The standard InChI is InChI=1S/C10H19N/c1-9(2)8-10-4-6-11(3)7-5-10/h8-9H,4-7H2,1-3H3. The van der Waals surface area contributed by atoms with Gasteiger partial charge in [-0.05, 0) is 25.8 Å². The maximum absolute atomic E-state index is 2.42. The predicted octanol–water partition coefficient (Wildman–Crippen LogP) is 2.29. The van der Waals surface area contributed by atoms with Gasteiger partial charge in [-0.2, -0.15) is 0 Å². The molecule has 0 unspecified atom stereocenters. The maximum atomic E-state index is 2.42. The zero-order chi connectivity index (χ0) is 8.27. The van der Waals surface area contributed by atoms with Crippen LogP contribution in [-0.4, -0.2) is 25.0 Å². The number of hydrogen-bond acceptors (Lipinski definition) is 1. The summed E-state index contributed by atoms with van der Waals surface area (Å²) in [5.41, 5.74) is 1.66.